The van der Waals surface area contributed by atoms with Gasteiger partial charge in [0, 0.05) is 11.1 Å². The second-order valence-electron chi connectivity index (χ2n) is 4.59. The first kappa shape index (κ1) is 15.3. The topological polar surface area (TPSA) is 30.5 Å². The molecule has 0 saturated heterocycles. The molecule has 3 nitrogen and oxygen atoms in total. The first-order chi connectivity index (χ1) is 10.2. The predicted octanol–water partition coefficient (Wildman–Crippen LogP) is 3.54. The Balaban J connectivity index is 2.56. The van der Waals surface area contributed by atoms with E-state index in [1.54, 1.807) is 26.4 Å². The third-order valence-electron chi connectivity index (χ3n) is 3.37. The molecule has 0 saturated carbocycles. The minimum Gasteiger partial charge on any atom is -0.493 e. The Bertz CT molecular complexity index is 601. The van der Waals surface area contributed by atoms with E-state index in [-0.39, 0.29) is 11.9 Å². The van der Waals surface area contributed by atoms with Crippen molar-refractivity contribution < 1.29 is 13.9 Å². The van der Waals surface area contributed by atoms with Gasteiger partial charge in [-0.25, -0.2) is 4.39 Å². The summed E-state index contributed by atoms with van der Waals surface area (Å²) in [6, 6.07) is 12.1. The molecular formula is C17H20FNO2. The zero-order chi connectivity index (χ0) is 15.2. The number of methoxy groups -OCH3 is 2. The van der Waals surface area contributed by atoms with E-state index in [0.717, 1.165) is 5.56 Å². The molecule has 0 aliphatic heterocycles. The predicted molar refractivity (Wildman–Crippen MR) is 81.5 cm³/mol. The SMILES string of the molecule is CCNC(c1ccccc1F)c1cccc(OC)c1OC. The lowest BCUT2D eigenvalue weighted by Crippen LogP contribution is -2.23. The molecule has 0 heterocycles. The van der Waals surface area contributed by atoms with Gasteiger partial charge in [-0.2, -0.15) is 0 Å². The molecule has 0 radical (unpaired) electrons. The molecule has 1 atom stereocenters. The number of halogens is 1. The molecular weight excluding hydrogens is 269 g/mol. The molecule has 1 N–H and O–H groups in total. The van der Waals surface area contributed by atoms with Gasteiger partial charge in [0.2, 0.25) is 0 Å². The second kappa shape index (κ2) is 7.09. The van der Waals surface area contributed by atoms with E-state index in [2.05, 4.69) is 5.32 Å². The highest BCUT2D eigenvalue weighted by Crippen LogP contribution is 2.37. The summed E-state index contributed by atoms with van der Waals surface area (Å²) < 4.78 is 24.9. The second-order valence-corrected chi connectivity index (χ2v) is 4.59. The molecule has 0 aliphatic carbocycles. The molecule has 2 aromatic carbocycles. The lowest BCUT2D eigenvalue weighted by Gasteiger charge is -2.22. The fourth-order valence-corrected chi connectivity index (χ4v) is 2.44. The number of ether oxygens (including phenoxy) is 2. The Morgan fingerprint density at radius 1 is 1.00 bits per heavy atom. The Kier molecular flexibility index (Phi) is 5.17. The minimum atomic E-state index is -0.291. The number of nitrogens with one attached hydrogen (secondary N) is 1. The van der Waals surface area contributed by atoms with Gasteiger partial charge >= 0.3 is 0 Å². The van der Waals surface area contributed by atoms with Crippen LogP contribution >= 0.6 is 0 Å². The zero-order valence-corrected chi connectivity index (χ0v) is 12.5. The van der Waals surface area contributed by atoms with Crippen molar-refractivity contribution >= 4 is 0 Å². The van der Waals surface area contributed by atoms with Gasteiger partial charge in [0.05, 0.1) is 20.3 Å². The van der Waals surface area contributed by atoms with Crippen LogP contribution in [-0.2, 0) is 0 Å². The fourth-order valence-electron chi connectivity index (χ4n) is 2.44. The minimum absolute atomic E-state index is 0.242. The molecule has 0 bridgehead atoms. The van der Waals surface area contributed by atoms with Crippen LogP contribution in [0.2, 0.25) is 0 Å². The monoisotopic (exact) mass is 289 g/mol. The molecule has 0 fully saturated rings. The molecule has 112 valence electrons. The summed E-state index contributed by atoms with van der Waals surface area (Å²) in [7, 11) is 3.18. The summed E-state index contributed by atoms with van der Waals surface area (Å²) >= 11 is 0. The number of rotatable bonds is 6. The first-order valence-corrected chi connectivity index (χ1v) is 6.91. The summed E-state index contributed by atoms with van der Waals surface area (Å²) in [4.78, 5) is 0. The van der Waals surface area contributed by atoms with E-state index < -0.39 is 0 Å². The van der Waals surface area contributed by atoms with Gasteiger partial charge in [0.25, 0.3) is 0 Å². The Morgan fingerprint density at radius 2 is 1.71 bits per heavy atom. The van der Waals surface area contributed by atoms with Crippen LogP contribution in [0, 0.1) is 5.82 Å². The molecule has 21 heavy (non-hydrogen) atoms. The fraction of sp³-hybridized carbons (Fsp3) is 0.294. The van der Waals surface area contributed by atoms with Crippen molar-refractivity contribution in [2.24, 2.45) is 0 Å². The molecule has 0 amide bonds. The number of para-hydroxylation sites is 1. The van der Waals surface area contributed by atoms with Gasteiger partial charge < -0.3 is 14.8 Å². The largest absolute Gasteiger partial charge is 0.493 e. The van der Waals surface area contributed by atoms with E-state index in [4.69, 9.17) is 9.47 Å². The van der Waals surface area contributed by atoms with Crippen molar-refractivity contribution in [3.05, 3.63) is 59.4 Å². The highest BCUT2D eigenvalue weighted by Gasteiger charge is 2.22. The highest BCUT2D eigenvalue weighted by atomic mass is 19.1. The van der Waals surface area contributed by atoms with Crippen LogP contribution in [0.25, 0.3) is 0 Å². The third-order valence-corrected chi connectivity index (χ3v) is 3.37. The van der Waals surface area contributed by atoms with Crippen LogP contribution in [0.1, 0.15) is 24.1 Å². The van der Waals surface area contributed by atoms with E-state index in [0.29, 0.717) is 23.6 Å². The van der Waals surface area contributed by atoms with Crippen molar-refractivity contribution in [2.45, 2.75) is 13.0 Å². The van der Waals surface area contributed by atoms with Gasteiger partial charge in [0.1, 0.15) is 5.82 Å². The average molecular weight is 289 g/mol. The Hall–Kier alpha value is -2.07. The lowest BCUT2D eigenvalue weighted by molar-refractivity contribution is 0.348. The molecule has 4 heteroatoms. The number of hydrogen-bond donors (Lipinski definition) is 1. The average Bonchev–Trinajstić information content (AvgIpc) is 2.52. The standard InChI is InChI=1S/C17H20FNO2/c1-4-19-16(12-8-5-6-10-14(12)18)13-9-7-11-15(20-2)17(13)21-3/h5-11,16,19H,4H2,1-3H3. The van der Waals surface area contributed by atoms with Crippen LogP contribution in [-0.4, -0.2) is 20.8 Å². The van der Waals surface area contributed by atoms with Gasteiger partial charge in [-0.3, -0.25) is 0 Å². The van der Waals surface area contributed by atoms with Crippen molar-refractivity contribution in [1.82, 2.24) is 5.32 Å². The highest BCUT2D eigenvalue weighted by molar-refractivity contribution is 5.50. The maximum absolute atomic E-state index is 14.2. The number of benzene rings is 2. The van der Waals surface area contributed by atoms with E-state index in [1.165, 1.54) is 6.07 Å². The first-order valence-electron chi connectivity index (χ1n) is 6.91. The van der Waals surface area contributed by atoms with E-state index in [9.17, 15) is 4.39 Å². The van der Waals surface area contributed by atoms with Gasteiger partial charge in [-0.15, -0.1) is 0 Å². The summed E-state index contributed by atoms with van der Waals surface area (Å²) in [5.41, 5.74) is 1.44. The normalized spacial score (nSPS) is 12.0. The van der Waals surface area contributed by atoms with Crippen molar-refractivity contribution in [3.63, 3.8) is 0 Å². The Labute approximate surface area is 124 Å². The summed E-state index contributed by atoms with van der Waals surface area (Å²) in [5.74, 6) is 1.01. The quantitative estimate of drug-likeness (QED) is 0.882. The van der Waals surface area contributed by atoms with Crippen molar-refractivity contribution in [2.75, 3.05) is 20.8 Å². The van der Waals surface area contributed by atoms with Gasteiger partial charge in [0.15, 0.2) is 11.5 Å². The maximum atomic E-state index is 14.2. The molecule has 1 unspecified atom stereocenters. The zero-order valence-electron chi connectivity index (χ0n) is 12.5. The molecule has 2 aromatic rings. The van der Waals surface area contributed by atoms with Crippen molar-refractivity contribution in [3.8, 4) is 11.5 Å². The maximum Gasteiger partial charge on any atom is 0.165 e. The summed E-state index contributed by atoms with van der Waals surface area (Å²) in [6.07, 6.45) is 0. The third kappa shape index (κ3) is 3.16. The van der Waals surface area contributed by atoms with Crippen LogP contribution < -0.4 is 14.8 Å². The lowest BCUT2D eigenvalue weighted by atomic mass is 9.97. The molecule has 0 spiro atoms. The summed E-state index contributed by atoms with van der Waals surface area (Å²) in [6.45, 7) is 2.69. The summed E-state index contributed by atoms with van der Waals surface area (Å²) in [5, 5.41) is 3.31. The van der Waals surface area contributed by atoms with Crippen LogP contribution in [0.4, 0.5) is 4.39 Å². The number of hydrogen-bond acceptors (Lipinski definition) is 3. The van der Waals surface area contributed by atoms with Crippen molar-refractivity contribution in [1.29, 1.82) is 0 Å². The van der Waals surface area contributed by atoms with E-state index in [1.807, 2.05) is 31.2 Å². The Morgan fingerprint density at radius 3 is 2.33 bits per heavy atom. The van der Waals surface area contributed by atoms with Crippen LogP contribution in [0.15, 0.2) is 42.5 Å². The molecule has 0 aromatic heterocycles. The van der Waals surface area contributed by atoms with Crippen LogP contribution in [0.3, 0.4) is 0 Å². The molecule has 2 rings (SSSR count). The van der Waals surface area contributed by atoms with E-state index >= 15 is 0 Å². The smallest absolute Gasteiger partial charge is 0.165 e. The van der Waals surface area contributed by atoms with Crippen LogP contribution in [0.5, 0.6) is 11.5 Å². The van der Waals surface area contributed by atoms with Gasteiger partial charge in [-0.05, 0) is 18.7 Å². The van der Waals surface area contributed by atoms with Gasteiger partial charge in [-0.1, -0.05) is 37.3 Å². The molecule has 0 aliphatic rings.